The zero-order valence-electron chi connectivity index (χ0n) is 21.9. The van der Waals surface area contributed by atoms with Gasteiger partial charge < -0.3 is 18.6 Å². The molecule has 0 saturated carbocycles. The van der Waals surface area contributed by atoms with Gasteiger partial charge in [-0.2, -0.15) is 0 Å². The van der Waals surface area contributed by atoms with Crippen molar-refractivity contribution in [3.63, 3.8) is 0 Å². The zero-order chi connectivity index (χ0) is 25.2. The largest absolute Gasteiger partial charge is 0.497 e. The topological polar surface area (TPSA) is 54.0 Å². The van der Waals surface area contributed by atoms with Crippen LogP contribution in [-0.2, 0) is 25.3 Å². The van der Waals surface area contributed by atoms with Gasteiger partial charge in [0, 0.05) is 0 Å². The predicted octanol–water partition coefficient (Wildman–Crippen LogP) is 6.41. The fourth-order valence-electron chi connectivity index (χ4n) is 3.38. The van der Waals surface area contributed by atoms with Crippen molar-refractivity contribution in [2.75, 3.05) is 13.7 Å². The standard InChI is InChI=1S/C28H42O5Si/c1-22-17-19-31-25(20-22)15-16-27(33-34(6,7)28(2,3)4)26(10-8-9-18-29)32-21-23-11-13-24(30-5)14-12-23/h8-9,11-18,25-27H,10,19-21H2,1-7H3/b9-8+,16-15+/t25-,26+,27+/m1/s1. The van der Waals surface area contributed by atoms with Gasteiger partial charge in [-0.05, 0) is 61.7 Å². The van der Waals surface area contributed by atoms with E-state index in [9.17, 15) is 4.79 Å². The number of aldehydes is 1. The van der Waals surface area contributed by atoms with E-state index in [0.29, 0.717) is 19.6 Å². The molecule has 1 aromatic carbocycles. The molecule has 1 aliphatic rings. The van der Waals surface area contributed by atoms with Crippen LogP contribution in [0.1, 0.15) is 46.1 Å². The van der Waals surface area contributed by atoms with Gasteiger partial charge in [0.1, 0.15) is 12.0 Å². The van der Waals surface area contributed by atoms with Gasteiger partial charge >= 0.3 is 0 Å². The second-order valence-electron chi connectivity index (χ2n) is 10.4. The lowest BCUT2D eigenvalue weighted by atomic mass is 10.0. The molecule has 1 aromatic rings. The van der Waals surface area contributed by atoms with Gasteiger partial charge in [0.15, 0.2) is 8.32 Å². The highest BCUT2D eigenvalue weighted by Crippen LogP contribution is 2.38. The Hall–Kier alpha value is -1.99. The van der Waals surface area contributed by atoms with Crippen LogP contribution in [0.15, 0.2) is 60.2 Å². The maximum atomic E-state index is 10.9. The summed E-state index contributed by atoms with van der Waals surface area (Å²) in [4.78, 5) is 10.9. The molecule has 188 valence electrons. The fourth-order valence-corrected chi connectivity index (χ4v) is 4.64. The zero-order valence-corrected chi connectivity index (χ0v) is 22.9. The highest BCUT2D eigenvalue weighted by Gasteiger charge is 2.40. The van der Waals surface area contributed by atoms with Crippen molar-refractivity contribution in [1.82, 2.24) is 0 Å². The number of hydrogen-bond donors (Lipinski definition) is 0. The molecule has 0 bridgehead atoms. The van der Waals surface area contributed by atoms with E-state index in [0.717, 1.165) is 24.0 Å². The van der Waals surface area contributed by atoms with E-state index in [4.69, 9.17) is 18.6 Å². The summed E-state index contributed by atoms with van der Waals surface area (Å²) in [5.74, 6) is 0.813. The molecule has 34 heavy (non-hydrogen) atoms. The molecule has 0 saturated heterocycles. The molecule has 0 aromatic heterocycles. The van der Waals surface area contributed by atoms with Crippen LogP contribution in [0.2, 0.25) is 18.1 Å². The Morgan fingerprint density at radius 1 is 1.21 bits per heavy atom. The summed E-state index contributed by atoms with van der Waals surface area (Å²) in [7, 11) is -0.437. The van der Waals surface area contributed by atoms with E-state index >= 15 is 0 Å². The fraction of sp³-hybridized carbons (Fsp3) is 0.536. The monoisotopic (exact) mass is 486 g/mol. The Morgan fingerprint density at radius 2 is 1.91 bits per heavy atom. The molecule has 0 amide bonds. The number of rotatable bonds is 12. The van der Waals surface area contributed by atoms with Crippen molar-refractivity contribution in [3.8, 4) is 5.75 Å². The van der Waals surface area contributed by atoms with Crippen LogP contribution >= 0.6 is 0 Å². The van der Waals surface area contributed by atoms with Crippen molar-refractivity contribution in [2.24, 2.45) is 0 Å². The first kappa shape index (κ1) is 28.2. The van der Waals surface area contributed by atoms with Gasteiger partial charge in [0.25, 0.3) is 0 Å². The summed E-state index contributed by atoms with van der Waals surface area (Å²) < 4.78 is 24.4. The Balaban J connectivity index is 2.27. The Labute approximate surface area is 207 Å². The third kappa shape index (κ3) is 8.99. The number of methoxy groups -OCH3 is 1. The highest BCUT2D eigenvalue weighted by molar-refractivity contribution is 6.74. The van der Waals surface area contributed by atoms with E-state index in [2.05, 4.69) is 59.0 Å². The van der Waals surface area contributed by atoms with E-state index in [1.165, 1.54) is 11.6 Å². The summed E-state index contributed by atoms with van der Waals surface area (Å²) in [5, 5.41) is 0.0545. The average Bonchev–Trinajstić information content (AvgIpc) is 2.78. The molecule has 1 aliphatic heterocycles. The lowest BCUT2D eigenvalue weighted by Gasteiger charge is -2.40. The third-order valence-corrected chi connectivity index (χ3v) is 11.1. The van der Waals surface area contributed by atoms with E-state index in [-0.39, 0.29) is 23.4 Å². The van der Waals surface area contributed by atoms with Crippen LogP contribution < -0.4 is 4.74 Å². The number of hydrogen-bond acceptors (Lipinski definition) is 5. The lowest BCUT2D eigenvalue weighted by molar-refractivity contribution is -0.104. The number of allylic oxidation sites excluding steroid dienone is 1. The molecule has 0 radical (unpaired) electrons. The van der Waals surface area contributed by atoms with Crippen LogP contribution in [-0.4, -0.2) is 46.6 Å². The van der Waals surface area contributed by atoms with E-state index in [1.807, 2.05) is 30.3 Å². The van der Waals surface area contributed by atoms with Crippen LogP contribution in [0.4, 0.5) is 0 Å². The minimum absolute atomic E-state index is 0.0308. The first-order chi connectivity index (χ1) is 16.1. The van der Waals surface area contributed by atoms with Gasteiger partial charge in [-0.3, -0.25) is 4.79 Å². The third-order valence-electron chi connectivity index (χ3n) is 6.59. The summed E-state index contributed by atoms with van der Waals surface area (Å²) in [6.07, 6.45) is 11.5. The molecular weight excluding hydrogens is 444 g/mol. The molecule has 1 heterocycles. The Morgan fingerprint density at radius 3 is 2.50 bits per heavy atom. The lowest BCUT2D eigenvalue weighted by Crippen LogP contribution is -2.47. The first-order valence-electron chi connectivity index (χ1n) is 12.0. The minimum atomic E-state index is -2.09. The number of benzene rings is 1. The van der Waals surface area contributed by atoms with E-state index in [1.54, 1.807) is 7.11 Å². The van der Waals surface area contributed by atoms with E-state index < -0.39 is 8.32 Å². The Bertz CT molecular complexity index is 849. The maximum Gasteiger partial charge on any atom is 0.193 e. The summed E-state index contributed by atoms with van der Waals surface area (Å²) in [5.41, 5.74) is 2.39. The van der Waals surface area contributed by atoms with Gasteiger partial charge in [0.2, 0.25) is 0 Å². The van der Waals surface area contributed by atoms with Gasteiger partial charge in [-0.1, -0.05) is 62.8 Å². The molecule has 0 N–H and O–H groups in total. The quantitative estimate of drug-likeness (QED) is 0.148. The number of carbonyl (C=O) groups is 1. The van der Waals surface area contributed by atoms with Crippen LogP contribution in [0.3, 0.4) is 0 Å². The molecule has 5 nitrogen and oxygen atoms in total. The van der Waals surface area contributed by atoms with Gasteiger partial charge in [-0.15, -0.1) is 0 Å². The first-order valence-corrected chi connectivity index (χ1v) is 14.9. The van der Waals surface area contributed by atoms with Crippen LogP contribution in [0, 0.1) is 0 Å². The van der Waals surface area contributed by atoms with Crippen LogP contribution in [0.25, 0.3) is 0 Å². The molecule has 3 atom stereocenters. The summed E-state index contributed by atoms with van der Waals surface area (Å²) in [6, 6.07) is 7.86. The van der Waals surface area contributed by atoms with Gasteiger partial charge in [-0.25, -0.2) is 0 Å². The molecule has 2 rings (SSSR count). The molecule has 0 fully saturated rings. The second-order valence-corrected chi connectivity index (χ2v) is 15.1. The predicted molar refractivity (Wildman–Crippen MR) is 141 cm³/mol. The van der Waals surface area contributed by atoms with Crippen molar-refractivity contribution in [3.05, 3.63) is 65.8 Å². The Kier molecular flexibility index (Phi) is 11.0. The SMILES string of the molecule is COc1ccc(CO[C@@H](C/C=C/C=O)[C@H](/C=C/[C@@H]2CC(C)=CCO2)O[Si](C)(C)C(C)(C)C)cc1. The summed E-state index contributed by atoms with van der Waals surface area (Å²) >= 11 is 0. The summed E-state index contributed by atoms with van der Waals surface area (Å²) in [6.45, 7) is 14.4. The molecule has 0 spiro atoms. The van der Waals surface area contributed by atoms with Crippen molar-refractivity contribution >= 4 is 14.6 Å². The maximum absolute atomic E-state index is 10.9. The molecule has 0 aliphatic carbocycles. The van der Waals surface area contributed by atoms with Crippen LogP contribution in [0.5, 0.6) is 5.75 Å². The highest BCUT2D eigenvalue weighted by atomic mass is 28.4. The van der Waals surface area contributed by atoms with Crippen molar-refractivity contribution < 1.29 is 23.4 Å². The number of carbonyl (C=O) groups excluding carboxylic acids is 1. The normalized spacial score (nSPS) is 19.3. The smallest absolute Gasteiger partial charge is 0.193 e. The number of ether oxygens (including phenoxy) is 3. The second kappa shape index (κ2) is 13.2. The van der Waals surface area contributed by atoms with Crippen molar-refractivity contribution in [2.45, 2.75) is 83.6 Å². The van der Waals surface area contributed by atoms with Crippen molar-refractivity contribution in [1.29, 1.82) is 0 Å². The average molecular weight is 487 g/mol. The molecular formula is C28H42O5Si. The molecule has 6 heteroatoms. The van der Waals surface area contributed by atoms with Gasteiger partial charge in [0.05, 0.1) is 38.6 Å². The minimum Gasteiger partial charge on any atom is -0.497 e. The molecule has 0 unspecified atom stereocenters.